The number of aliphatic hydroxyl groups is 1. The normalized spacial score (nSPS) is 22.6. The molecule has 10 nitrogen and oxygen atoms in total. The number of carbonyl (C=O) groups is 1. The summed E-state index contributed by atoms with van der Waals surface area (Å²) in [5.74, 6) is -0.660. The predicted molar refractivity (Wildman–Crippen MR) is 141 cm³/mol. The third kappa shape index (κ3) is 7.42. The Bertz CT molecular complexity index is 1240. The lowest BCUT2D eigenvalue weighted by Gasteiger charge is -2.44. The quantitative estimate of drug-likeness (QED) is 0.156. The van der Waals surface area contributed by atoms with Gasteiger partial charge in [-0.2, -0.15) is 0 Å². The molecule has 1 aliphatic heterocycles. The molecule has 3 aromatic carbocycles. The number of azide groups is 1. The first-order valence-corrected chi connectivity index (χ1v) is 12.5. The van der Waals surface area contributed by atoms with Crippen molar-refractivity contribution in [2.75, 3.05) is 13.7 Å². The van der Waals surface area contributed by atoms with Crippen molar-refractivity contribution in [2.45, 2.75) is 50.5 Å². The minimum Gasteiger partial charge on any atom is -0.450 e. The summed E-state index contributed by atoms with van der Waals surface area (Å²) in [4.78, 5) is 16.2. The molecule has 0 unspecified atom stereocenters. The lowest BCUT2D eigenvalue weighted by atomic mass is 9.97. The molecule has 1 N–H and O–H groups in total. The van der Waals surface area contributed by atoms with E-state index in [1.807, 2.05) is 60.7 Å². The summed E-state index contributed by atoms with van der Waals surface area (Å²) in [6.45, 7) is 0.0524. The molecule has 1 aliphatic rings. The summed E-state index contributed by atoms with van der Waals surface area (Å²) < 4.78 is 30.1. The maximum atomic E-state index is 13.4. The van der Waals surface area contributed by atoms with Gasteiger partial charge in [0.05, 0.1) is 31.9 Å². The van der Waals surface area contributed by atoms with Gasteiger partial charge in [-0.25, -0.2) is 4.79 Å². The van der Waals surface area contributed by atoms with Crippen molar-refractivity contribution in [2.24, 2.45) is 5.11 Å². The van der Waals surface area contributed by atoms with E-state index in [1.165, 1.54) is 7.11 Å². The largest absolute Gasteiger partial charge is 0.450 e. The number of ether oxygens (including phenoxy) is 5. The molecule has 204 valence electrons. The smallest absolute Gasteiger partial charge is 0.338 e. The summed E-state index contributed by atoms with van der Waals surface area (Å²) in [5.41, 5.74) is 11.3. The Morgan fingerprint density at radius 3 is 2.08 bits per heavy atom. The average Bonchev–Trinajstić information content (AvgIpc) is 2.99. The van der Waals surface area contributed by atoms with E-state index in [-0.39, 0.29) is 31.9 Å². The summed E-state index contributed by atoms with van der Waals surface area (Å²) >= 11 is 0. The van der Waals surface area contributed by atoms with Gasteiger partial charge in [0.25, 0.3) is 0 Å². The molecule has 0 bridgehead atoms. The van der Waals surface area contributed by atoms with Gasteiger partial charge in [0.15, 0.2) is 12.4 Å². The zero-order chi connectivity index (χ0) is 27.5. The van der Waals surface area contributed by atoms with Crippen LogP contribution in [-0.2, 0) is 43.4 Å². The second-order valence-corrected chi connectivity index (χ2v) is 8.90. The topological polar surface area (TPSA) is 132 Å². The van der Waals surface area contributed by atoms with Crippen LogP contribution in [0.25, 0.3) is 10.4 Å². The van der Waals surface area contributed by atoms with E-state index >= 15 is 0 Å². The first-order chi connectivity index (χ1) is 19.1. The van der Waals surface area contributed by atoms with Gasteiger partial charge in [-0.15, -0.1) is 0 Å². The van der Waals surface area contributed by atoms with Crippen molar-refractivity contribution in [3.63, 3.8) is 0 Å². The number of nitrogens with zero attached hydrogens (tertiary/aromatic N) is 3. The van der Waals surface area contributed by atoms with Gasteiger partial charge in [-0.3, -0.25) is 0 Å². The SMILES string of the molecule is CO[C@@H]1O[C@H](CO)[C@@H](OCc2ccccc2)[C@H](OCc2ccccc2)[C@H]1OC(=O)c1ccccc1CN=[N+]=[N-]. The minimum atomic E-state index is -1.04. The molecule has 0 aliphatic carbocycles. The zero-order valence-corrected chi connectivity index (χ0v) is 21.5. The first-order valence-electron chi connectivity index (χ1n) is 12.5. The van der Waals surface area contributed by atoms with Gasteiger partial charge in [-0.05, 0) is 28.3 Å². The van der Waals surface area contributed by atoms with Gasteiger partial charge >= 0.3 is 5.97 Å². The molecule has 3 aromatic rings. The number of esters is 1. The Morgan fingerprint density at radius 2 is 1.49 bits per heavy atom. The van der Waals surface area contributed by atoms with Crippen LogP contribution in [0, 0.1) is 0 Å². The van der Waals surface area contributed by atoms with E-state index < -0.39 is 36.7 Å². The summed E-state index contributed by atoms with van der Waals surface area (Å²) in [6, 6.07) is 25.8. The van der Waals surface area contributed by atoms with Crippen LogP contribution in [0.15, 0.2) is 90.0 Å². The Balaban J connectivity index is 1.63. The molecule has 5 atom stereocenters. The zero-order valence-electron chi connectivity index (χ0n) is 21.5. The van der Waals surface area contributed by atoms with Crippen molar-refractivity contribution in [3.8, 4) is 0 Å². The highest BCUT2D eigenvalue weighted by Crippen LogP contribution is 2.31. The lowest BCUT2D eigenvalue weighted by molar-refractivity contribution is -0.310. The summed E-state index contributed by atoms with van der Waals surface area (Å²) in [6.07, 6.45) is -4.51. The molecule has 1 heterocycles. The molecule has 10 heteroatoms. The molecule has 0 saturated carbocycles. The molecule has 0 radical (unpaired) electrons. The van der Waals surface area contributed by atoms with Crippen molar-refractivity contribution < 1.29 is 33.6 Å². The molecule has 0 spiro atoms. The molecule has 1 fully saturated rings. The van der Waals surface area contributed by atoms with Crippen molar-refractivity contribution >= 4 is 5.97 Å². The number of hydrogen-bond acceptors (Lipinski definition) is 8. The second-order valence-electron chi connectivity index (χ2n) is 8.90. The van der Waals surface area contributed by atoms with Crippen LogP contribution in [0.4, 0.5) is 0 Å². The Labute approximate surface area is 226 Å². The van der Waals surface area contributed by atoms with Gasteiger partial charge in [0.2, 0.25) is 0 Å². The minimum absolute atomic E-state index is 0.0139. The predicted octanol–water partition coefficient (Wildman–Crippen LogP) is 4.56. The molecule has 4 rings (SSSR count). The third-order valence-electron chi connectivity index (χ3n) is 6.36. The summed E-state index contributed by atoms with van der Waals surface area (Å²) in [7, 11) is 1.43. The maximum Gasteiger partial charge on any atom is 0.338 e. The number of carbonyl (C=O) groups excluding carboxylic acids is 1. The number of hydrogen-bond donors (Lipinski definition) is 1. The van der Waals surface area contributed by atoms with Gasteiger partial charge in [-0.1, -0.05) is 84.0 Å². The van der Waals surface area contributed by atoms with Crippen LogP contribution in [-0.4, -0.2) is 55.5 Å². The number of rotatable bonds is 12. The van der Waals surface area contributed by atoms with Crippen LogP contribution in [0.5, 0.6) is 0 Å². The first kappa shape index (κ1) is 28.3. The Hall–Kier alpha value is -3.76. The van der Waals surface area contributed by atoms with Crippen LogP contribution in [0.1, 0.15) is 27.0 Å². The van der Waals surface area contributed by atoms with E-state index in [9.17, 15) is 9.90 Å². The van der Waals surface area contributed by atoms with Gasteiger partial charge in [0.1, 0.15) is 18.3 Å². The maximum absolute atomic E-state index is 13.4. The lowest BCUT2D eigenvalue weighted by Crippen LogP contribution is -2.61. The highest BCUT2D eigenvalue weighted by Gasteiger charge is 2.50. The standard InChI is InChI=1S/C29H31N3O7/c1-35-29-27(39-28(34)23-15-9-8-14-22(23)16-31-32-30)26(37-19-21-12-6-3-7-13-21)25(24(17-33)38-29)36-18-20-10-4-2-5-11-20/h2-15,24-27,29,33H,16-19H2,1H3/t24-,25-,26+,27-,29-/m1/s1. The fourth-order valence-corrected chi connectivity index (χ4v) is 4.42. The number of aliphatic hydroxyl groups excluding tert-OH is 1. The van der Waals surface area contributed by atoms with Gasteiger partial charge in [0, 0.05) is 12.0 Å². The molecular formula is C29H31N3O7. The molecule has 0 aromatic heterocycles. The number of methoxy groups -OCH3 is 1. The molecule has 1 saturated heterocycles. The number of benzene rings is 3. The third-order valence-corrected chi connectivity index (χ3v) is 6.36. The van der Waals surface area contributed by atoms with Gasteiger partial charge < -0.3 is 28.8 Å². The van der Waals surface area contributed by atoms with Crippen LogP contribution < -0.4 is 0 Å². The van der Waals surface area contributed by atoms with Crippen LogP contribution in [0.3, 0.4) is 0 Å². The van der Waals surface area contributed by atoms with Crippen molar-refractivity contribution in [3.05, 3.63) is 118 Å². The highest BCUT2D eigenvalue weighted by atomic mass is 16.7. The molecule has 39 heavy (non-hydrogen) atoms. The highest BCUT2D eigenvalue weighted by molar-refractivity contribution is 5.91. The van der Waals surface area contributed by atoms with E-state index in [0.29, 0.717) is 5.56 Å². The fraction of sp³-hybridized carbons (Fsp3) is 0.345. The Kier molecular flexibility index (Phi) is 10.4. The second kappa shape index (κ2) is 14.4. The van der Waals surface area contributed by atoms with E-state index in [1.54, 1.807) is 24.3 Å². The molecular weight excluding hydrogens is 502 g/mol. The fourth-order valence-electron chi connectivity index (χ4n) is 4.42. The van der Waals surface area contributed by atoms with E-state index in [0.717, 1.165) is 11.1 Å². The average molecular weight is 534 g/mol. The van der Waals surface area contributed by atoms with E-state index in [2.05, 4.69) is 10.0 Å². The summed E-state index contributed by atoms with van der Waals surface area (Å²) in [5, 5.41) is 13.8. The monoisotopic (exact) mass is 533 g/mol. The van der Waals surface area contributed by atoms with Crippen LogP contribution >= 0.6 is 0 Å². The van der Waals surface area contributed by atoms with Crippen LogP contribution in [0.2, 0.25) is 0 Å². The Morgan fingerprint density at radius 1 is 0.897 bits per heavy atom. The van der Waals surface area contributed by atoms with Crippen molar-refractivity contribution in [1.29, 1.82) is 0 Å². The van der Waals surface area contributed by atoms with Crippen molar-refractivity contribution in [1.82, 2.24) is 0 Å². The molecule has 0 amide bonds. The van der Waals surface area contributed by atoms with E-state index in [4.69, 9.17) is 29.2 Å².